The van der Waals surface area contributed by atoms with Gasteiger partial charge >= 0.3 is 6.18 Å². The highest BCUT2D eigenvalue weighted by atomic mass is 32.1. The van der Waals surface area contributed by atoms with Crippen molar-refractivity contribution in [3.63, 3.8) is 0 Å². The lowest BCUT2D eigenvalue weighted by Crippen LogP contribution is -2.17. The monoisotopic (exact) mass is 461 g/mol. The molecule has 168 valence electrons. The molecule has 3 aromatic rings. The number of nitrogens with one attached hydrogen (secondary N) is 1. The summed E-state index contributed by atoms with van der Waals surface area (Å²) >= 11 is 0.715. The van der Waals surface area contributed by atoms with E-state index in [1.54, 1.807) is 24.3 Å². The van der Waals surface area contributed by atoms with Crippen LogP contribution in [-0.4, -0.2) is 23.2 Å². The van der Waals surface area contributed by atoms with Gasteiger partial charge in [0.25, 0.3) is 5.91 Å². The number of amides is 1. The molecular formula is C23H22F3N3O2S. The third kappa shape index (κ3) is 5.53. The number of hydrogen-bond donors (Lipinski definition) is 1. The van der Waals surface area contributed by atoms with E-state index in [1.807, 2.05) is 38.1 Å². The highest BCUT2D eigenvalue weighted by Gasteiger charge is 2.39. The van der Waals surface area contributed by atoms with Crippen LogP contribution in [0.15, 0.2) is 53.7 Å². The molecule has 1 amide bonds. The average molecular weight is 462 g/mol. The van der Waals surface area contributed by atoms with Crippen molar-refractivity contribution >= 4 is 28.6 Å². The third-order valence-corrected chi connectivity index (χ3v) is 5.46. The first-order valence-corrected chi connectivity index (χ1v) is 10.7. The Kier molecular flexibility index (Phi) is 7.29. The molecule has 0 saturated carbocycles. The van der Waals surface area contributed by atoms with Crippen LogP contribution in [0.5, 0.6) is 0 Å². The number of anilines is 1. The van der Waals surface area contributed by atoms with Gasteiger partial charge in [-0.05, 0) is 37.5 Å². The van der Waals surface area contributed by atoms with E-state index >= 15 is 0 Å². The lowest BCUT2D eigenvalue weighted by Gasteiger charge is -2.12. The molecule has 0 spiro atoms. The van der Waals surface area contributed by atoms with Gasteiger partial charge in [0, 0.05) is 11.3 Å². The maximum Gasteiger partial charge on any atom is 0.435 e. The van der Waals surface area contributed by atoms with Crippen LogP contribution in [0.4, 0.5) is 18.9 Å². The Balaban J connectivity index is 1.86. The summed E-state index contributed by atoms with van der Waals surface area (Å²) in [5, 5.41) is 6.85. The number of nitrogens with zero attached hydrogens (tertiary/aromatic N) is 2. The fourth-order valence-electron chi connectivity index (χ4n) is 2.97. The van der Waals surface area contributed by atoms with Crippen LogP contribution >= 0.6 is 11.3 Å². The molecule has 1 heterocycles. The van der Waals surface area contributed by atoms with Crippen LogP contribution in [0.1, 0.15) is 46.2 Å². The number of aromatic nitrogens is 1. The van der Waals surface area contributed by atoms with Crippen molar-refractivity contribution in [2.45, 2.75) is 33.4 Å². The minimum atomic E-state index is -4.70. The van der Waals surface area contributed by atoms with Gasteiger partial charge in [-0.15, -0.1) is 11.3 Å². The van der Waals surface area contributed by atoms with Crippen LogP contribution in [0.3, 0.4) is 0 Å². The van der Waals surface area contributed by atoms with Gasteiger partial charge in [-0.2, -0.15) is 13.2 Å². The largest absolute Gasteiger partial charge is 0.435 e. The van der Waals surface area contributed by atoms with Gasteiger partial charge in [-0.1, -0.05) is 54.5 Å². The molecule has 0 aliphatic rings. The number of oxime groups is 1. The van der Waals surface area contributed by atoms with Gasteiger partial charge in [-0.3, -0.25) is 4.79 Å². The van der Waals surface area contributed by atoms with Crippen LogP contribution in [-0.2, 0) is 11.0 Å². The van der Waals surface area contributed by atoms with Crippen molar-refractivity contribution in [1.82, 2.24) is 4.98 Å². The first kappa shape index (κ1) is 23.5. The van der Waals surface area contributed by atoms with Crippen molar-refractivity contribution in [2.75, 3.05) is 11.9 Å². The number of rotatable bonds is 7. The van der Waals surface area contributed by atoms with E-state index in [0.717, 1.165) is 23.3 Å². The van der Waals surface area contributed by atoms with Gasteiger partial charge in [0.15, 0.2) is 5.69 Å². The summed E-state index contributed by atoms with van der Waals surface area (Å²) in [5.41, 5.74) is 2.32. The molecule has 3 rings (SSSR count). The molecule has 0 aliphatic carbocycles. The summed E-state index contributed by atoms with van der Waals surface area (Å²) in [6, 6.07) is 14.4. The molecule has 9 heteroatoms. The molecule has 0 aliphatic heterocycles. The Morgan fingerprint density at radius 2 is 1.84 bits per heavy atom. The summed E-state index contributed by atoms with van der Waals surface area (Å²) in [6.07, 6.45) is -3.84. The van der Waals surface area contributed by atoms with Gasteiger partial charge < -0.3 is 10.2 Å². The van der Waals surface area contributed by atoms with Crippen LogP contribution in [0.25, 0.3) is 11.1 Å². The maximum atomic E-state index is 13.3. The number of alkyl halides is 3. The molecule has 32 heavy (non-hydrogen) atoms. The normalized spacial score (nSPS) is 12.0. The predicted octanol–water partition coefficient (Wildman–Crippen LogP) is 6.54. The van der Waals surface area contributed by atoms with Crippen molar-refractivity contribution in [2.24, 2.45) is 5.16 Å². The fraction of sp³-hybridized carbons (Fsp3) is 0.261. The third-order valence-electron chi connectivity index (χ3n) is 4.49. The average Bonchev–Trinajstić information content (AvgIpc) is 3.17. The number of benzene rings is 2. The quantitative estimate of drug-likeness (QED) is 0.247. The van der Waals surface area contributed by atoms with Crippen LogP contribution < -0.4 is 5.32 Å². The van der Waals surface area contributed by atoms with Gasteiger partial charge in [0.2, 0.25) is 0 Å². The molecule has 0 atom stereocenters. The van der Waals surface area contributed by atoms with Crippen molar-refractivity contribution in [3.8, 4) is 11.1 Å². The van der Waals surface area contributed by atoms with Crippen LogP contribution in [0.2, 0.25) is 0 Å². The molecule has 0 saturated heterocycles. The van der Waals surface area contributed by atoms with Gasteiger partial charge in [0.1, 0.15) is 11.5 Å². The molecule has 2 aromatic carbocycles. The zero-order valence-electron chi connectivity index (χ0n) is 17.8. The van der Waals surface area contributed by atoms with E-state index in [0.29, 0.717) is 29.2 Å². The van der Waals surface area contributed by atoms with Crippen molar-refractivity contribution < 1.29 is 22.8 Å². The molecule has 5 nitrogen and oxygen atoms in total. The smallest absolute Gasteiger partial charge is 0.396 e. The first-order chi connectivity index (χ1) is 15.2. The molecule has 0 fully saturated rings. The van der Waals surface area contributed by atoms with Crippen molar-refractivity contribution in [1.29, 1.82) is 0 Å². The molecule has 1 N–H and O–H groups in total. The number of thiazole rings is 1. The number of halogens is 3. The topological polar surface area (TPSA) is 63.6 Å². The van der Waals surface area contributed by atoms with Crippen molar-refractivity contribution in [3.05, 3.63) is 69.7 Å². The molecule has 0 radical (unpaired) electrons. The Labute approximate surface area is 187 Å². The molecular weight excluding hydrogens is 439 g/mol. The SMILES string of the molecule is CCCON=C(C)c1ccc(-c2ccccc2NC(=O)c2sc(C)nc2C(F)(F)F)cc1. The number of hydrogen-bond acceptors (Lipinski definition) is 5. The first-order valence-electron chi connectivity index (χ1n) is 9.93. The van der Waals surface area contributed by atoms with Gasteiger partial charge in [0.05, 0.1) is 10.7 Å². The fourth-order valence-corrected chi connectivity index (χ4v) is 3.81. The second kappa shape index (κ2) is 9.95. The van der Waals surface area contributed by atoms with E-state index in [2.05, 4.69) is 15.5 Å². The number of para-hydroxylation sites is 1. The molecule has 0 bridgehead atoms. The molecule has 1 aromatic heterocycles. The summed E-state index contributed by atoms with van der Waals surface area (Å²) in [5.74, 6) is -0.844. The second-order valence-electron chi connectivity index (χ2n) is 7.00. The Bertz CT molecular complexity index is 1120. The maximum absolute atomic E-state index is 13.3. The van der Waals surface area contributed by atoms with E-state index in [9.17, 15) is 18.0 Å². The summed E-state index contributed by atoms with van der Waals surface area (Å²) in [7, 11) is 0. The lowest BCUT2D eigenvalue weighted by atomic mass is 10.0. The molecule has 0 unspecified atom stereocenters. The minimum Gasteiger partial charge on any atom is -0.396 e. The Morgan fingerprint density at radius 1 is 1.16 bits per heavy atom. The van der Waals surface area contributed by atoms with E-state index in [1.165, 1.54) is 6.92 Å². The number of carbonyl (C=O) groups is 1. The predicted molar refractivity (Wildman–Crippen MR) is 120 cm³/mol. The van der Waals surface area contributed by atoms with Crippen LogP contribution in [0, 0.1) is 6.92 Å². The van der Waals surface area contributed by atoms with E-state index < -0.39 is 22.7 Å². The highest BCUT2D eigenvalue weighted by Crippen LogP contribution is 2.35. The number of carbonyl (C=O) groups excluding carboxylic acids is 1. The number of aryl methyl sites for hydroxylation is 1. The van der Waals surface area contributed by atoms with E-state index in [-0.39, 0.29) is 5.01 Å². The Morgan fingerprint density at radius 3 is 2.50 bits per heavy atom. The second-order valence-corrected chi connectivity index (χ2v) is 8.20. The zero-order chi connectivity index (χ0) is 23.3. The highest BCUT2D eigenvalue weighted by molar-refractivity contribution is 7.13. The minimum absolute atomic E-state index is 0.172. The van der Waals surface area contributed by atoms with E-state index in [4.69, 9.17) is 4.84 Å². The summed E-state index contributed by atoms with van der Waals surface area (Å²) in [4.78, 5) is 20.9. The lowest BCUT2D eigenvalue weighted by molar-refractivity contribution is -0.141. The summed E-state index contributed by atoms with van der Waals surface area (Å²) in [6.45, 7) is 5.81. The van der Waals surface area contributed by atoms with Gasteiger partial charge in [-0.25, -0.2) is 4.98 Å². The Hall–Kier alpha value is -3.20. The standard InChI is InChI=1S/C23H22F3N3O2S/c1-4-13-31-29-14(2)16-9-11-17(12-10-16)18-7-5-6-8-19(18)28-22(30)20-21(23(24,25)26)27-15(3)32-20/h5-12H,4,13H2,1-3H3,(H,28,30). The zero-order valence-corrected chi connectivity index (χ0v) is 18.6. The summed E-state index contributed by atoms with van der Waals surface area (Å²) < 4.78 is 39.8.